The summed E-state index contributed by atoms with van der Waals surface area (Å²) < 4.78 is 0. The van der Waals surface area contributed by atoms with Crippen LogP contribution < -0.4 is 5.73 Å². The summed E-state index contributed by atoms with van der Waals surface area (Å²) in [5, 5.41) is 11.3. The van der Waals surface area contributed by atoms with Crippen molar-refractivity contribution in [2.45, 2.75) is 6.42 Å². The van der Waals surface area contributed by atoms with Crippen LogP contribution in [0.25, 0.3) is 0 Å². The smallest absolute Gasteiger partial charge is 0.290 e. The normalized spacial score (nSPS) is 11.9. The Morgan fingerprint density at radius 1 is 1.59 bits per heavy atom. The van der Waals surface area contributed by atoms with Gasteiger partial charge in [0, 0.05) is 20.3 Å². The van der Waals surface area contributed by atoms with Crippen molar-refractivity contribution >= 4 is 11.6 Å². The lowest BCUT2D eigenvalue weighted by Crippen LogP contribution is -2.24. The first-order chi connectivity index (χ1) is 7.91. The molecule has 0 aliphatic heterocycles. The minimum Gasteiger partial charge on any atom is -0.380 e. The lowest BCUT2D eigenvalue weighted by atomic mass is 10.1. The molecule has 0 fully saturated rings. The van der Waals surface area contributed by atoms with Gasteiger partial charge in [-0.25, -0.2) is 4.98 Å². The number of allylic oxidation sites excluding steroid dienone is 1. The fourth-order valence-corrected chi connectivity index (χ4v) is 1.32. The highest BCUT2D eigenvalue weighted by Gasteiger charge is 2.18. The third kappa shape index (κ3) is 3.60. The number of hydrogen-bond donors (Lipinski definition) is 1. The van der Waals surface area contributed by atoms with Crippen LogP contribution in [0.3, 0.4) is 0 Å². The second-order valence-electron chi connectivity index (χ2n) is 3.65. The summed E-state index contributed by atoms with van der Waals surface area (Å²) in [4.78, 5) is 15.8. The molecule has 0 bridgehead atoms. The maximum atomic E-state index is 10.9. The summed E-state index contributed by atoms with van der Waals surface area (Å²) in [6.07, 6.45) is 1.61. The number of nitro groups is 1. The summed E-state index contributed by atoms with van der Waals surface area (Å²) in [5.41, 5.74) is 6.29. The van der Waals surface area contributed by atoms with Crippen LogP contribution in [0.2, 0.25) is 5.15 Å². The first kappa shape index (κ1) is 13.2. The Hall–Kier alpha value is -1.82. The number of pyridine rings is 1. The second kappa shape index (κ2) is 5.49. The molecular formula is C10H13ClN4O2. The van der Waals surface area contributed by atoms with Gasteiger partial charge in [0.15, 0.2) is 5.82 Å². The van der Waals surface area contributed by atoms with Crippen LogP contribution in [0.15, 0.2) is 29.8 Å². The van der Waals surface area contributed by atoms with E-state index in [1.165, 1.54) is 11.1 Å². The summed E-state index contributed by atoms with van der Waals surface area (Å²) in [5.74, 6) is 0.130. The van der Waals surface area contributed by atoms with Gasteiger partial charge < -0.3 is 10.6 Å². The molecule has 0 amide bonds. The molecule has 1 aromatic rings. The van der Waals surface area contributed by atoms with Crippen LogP contribution in [0, 0.1) is 10.1 Å². The van der Waals surface area contributed by atoms with Crippen molar-refractivity contribution in [1.29, 1.82) is 0 Å². The van der Waals surface area contributed by atoms with Crippen LogP contribution >= 0.6 is 11.6 Å². The minimum atomic E-state index is -0.482. The predicted octanol–water partition coefficient (Wildman–Crippen LogP) is 1.24. The van der Waals surface area contributed by atoms with Gasteiger partial charge >= 0.3 is 0 Å². The Morgan fingerprint density at radius 2 is 2.24 bits per heavy atom. The largest absolute Gasteiger partial charge is 0.380 e. The number of nitrogens with two attached hydrogens (primary N) is 1. The lowest BCUT2D eigenvalue weighted by Gasteiger charge is -2.12. The Bertz CT molecular complexity index is 442. The fourth-order valence-electron chi connectivity index (χ4n) is 1.21. The standard InChI is InChI=1S/C10H13ClN4O2/c1-14(2)10(12)8(15(16)17)5-7-3-4-9(11)13-6-7/h3-4,6H,5,12H2,1-2H3. The van der Waals surface area contributed by atoms with Crippen LogP contribution in [-0.2, 0) is 6.42 Å². The molecule has 0 saturated carbocycles. The van der Waals surface area contributed by atoms with Crippen molar-refractivity contribution in [3.63, 3.8) is 0 Å². The number of nitrogens with zero attached hydrogens (tertiary/aromatic N) is 3. The highest BCUT2D eigenvalue weighted by molar-refractivity contribution is 6.29. The molecule has 2 N–H and O–H groups in total. The van der Waals surface area contributed by atoms with E-state index in [2.05, 4.69) is 4.98 Å². The van der Waals surface area contributed by atoms with Crippen molar-refractivity contribution in [1.82, 2.24) is 9.88 Å². The van der Waals surface area contributed by atoms with E-state index in [-0.39, 0.29) is 17.9 Å². The maximum absolute atomic E-state index is 10.9. The van der Waals surface area contributed by atoms with E-state index in [1.54, 1.807) is 26.2 Å². The van der Waals surface area contributed by atoms with E-state index >= 15 is 0 Å². The first-order valence-corrected chi connectivity index (χ1v) is 5.20. The number of aromatic nitrogens is 1. The van der Waals surface area contributed by atoms with E-state index in [0.29, 0.717) is 10.7 Å². The maximum Gasteiger partial charge on any atom is 0.290 e. The third-order valence-electron chi connectivity index (χ3n) is 2.16. The Morgan fingerprint density at radius 3 is 2.65 bits per heavy atom. The molecular weight excluding hydrogens is 244 g/mol. The van der Waals surface area contributed by atoms with E-state index in [1.807, 2.05) is 0 Å². The molecule has 0 aromatic carbocycles. The molecule has 17 heavy (non-hydrogen) atoms. The molecule has 0 aliphatic rings. The van der Waals surface area contributed by atoms with E-state index < -0.39 is 4.92 Å². The van der Waals surface area contributed by atoms with E-state index in [4.69, 9.17) is 17.3 Å². The molecule has 0 saturated heterocycles. The first-order valence-electron chi connectivity index (χ1n) is 4.82. The highest BCUT2D eigenvalue weighted by atomic mass is 35.5. The number of hydrogen-bond acceptors (Lipinski definition) is 5. The fraction of sp³-hybridized carbons (Fsp3) is 0.300. The van der Waals surface area contributed by atoms with Crippen molar-refractivity contribution in [2.75, 3.05) is 14.1 Å². The molecule has 0 aliphatic carbocycles. The number of rotatable bonds is 4. The summed E-state index contributed by atoms with van der Waals surface area (Å²) in [6.45, 7) is 0. The van der Waals surface area contributed by atoms with E-state index in [0.717, 1.165) is 0 Å². The van der Waals surface area contributed by atoms with Crippen molar-refractivity contribution in [3.8, 4) is 0 Å². The molecule has 0 atom stereocenters. The van der Waals surface area contributed by atoms with Gasteiger partial charge in [-0.3, -0.25) is 10.1 Å². The van der Waals surface area contributed by atoms with Crippen molar-refractivity contribution in [3.05, 3.63) is 50.7 Å². The van der Waals surface area contributed by atoms with Crippen LogP contribution in [0.4, 0.5) is 0 Å². The van der Waals surface area contributed by atoms with Crippen LogP contribution in [0.1, 0.15) is 5.56 Å². The van der Waals surface area contributed by atoms with Crippen LogP contribution in [-0.4, -0.2) is 28.9 Å². The molecule has 6 nitrogen and oxygen atoms in total. The zero-order valence-corrected chi connectivity index (χ0v) is 10.3. The molecule has 0 spiro atoms. The monoisotopic (exact) mass is 256 g/mol. The van der Waals surface area contributed by atoms with Gasteiger partial charge in [0.25, 0.3) is 5.70 Å². The van der Waals surface area contributed by atoms with Crippen molar-refractivity contribution in [2.24, 2.45) is 5.73 Å². The summed E-state index contributed by atoms with van der Waals surface area (Å²) in [6, 6.07) is 3.27. The third-order valence-corrected chi connectivity index (χ3v) is 2.38. The van der Waals surface area contributed by atoms with Gasteiger partial charge in [-0.2, -0.15) is 0 Å². The Labute approximate surface area is 104 Å². The topological polar surface area (TPSA) is 85.3 Å². The lowest BCUT2D eigenvalue weighted by molar-refractivity contribution is -0.429. The quantitative estimate of drug-likeness (QED) is 0.498. The summed E-state index contributed by atoms with van der Waals surface area (Å²) in [7, 11) is 3.30. The zero-order valence-electron chi connectivity index (χ0n) is 9.55. The van der Waals surface area contributed by atoms with Crippen molar-refractivity contribution < 1.29 is 4.92 Å². The van der Waals surface area contributed by atoms with Gasteiger partial charge in [-0.05, 0) is 11.6 Å². The Balaban J connectivity index is 3.00. The zero-order chi connectivity index (χ0) is 13.0. The molecule has 1 aromatic heterocycles. The molecule has 7 heteroatoms. The summed E-state index contributed by atoms with van der Waals surface area (Å²) >= 11 is 5.63. The van der Waals surface area contributed by atoms with Gasteiger partial charge in [0.2, 0.25) is 0 Å². The second-order valence-corrected chi connectivity index (χ2v) is 4.04. The SMILES string of the molecule is CN(C)C(N)=C(Cc1ccc(Cl)nc1)[N+](=O)[O-]. The average Bonchev–Trinajstić information content (AvgIpc) is 2.26. The molecule has 1 heterocycles. The van der Waals surface area contributed by atoms with Crippen LogP contribution in [0.5, 0.6) is 0 Å². The van der Waals surface area contributed by atoms with Gasteiger partial charge in [-0.15, -0.1) is 0 Å². The Kier molecular flexibility index (Phi) is 4.28. The minimum absolute atomic E-state index is 0.0564. The number of halogens is 1. The van der Waals surface area contributed by atoms with Gasteiger partial charge in [0.05, 0.1) is 11.3 Å². The predicted molar refractivity (Wildman–Crippen MR) is 64.8 cm³/mol. The molecule has 0 unspecified atom stereocenters. The molecule has 92 valence electrons. The van der Waals surface area contributed by atoms with Gasteiger partial charge in [0.1, 0.15) is 5.15 Å². The average molecular weight is 257 g/mol. The molecule has 0 radical (unpaired) electrons. The highest BCUT2D eigenvalue weighted by Crippen LogP contribution is 2.13. The van der Waals surface area contributed by atoms with E-state index in [9.17, 15) is 10.1 Å². The molecule has 1 rings (SSSR count). The van der Waals surface area contributed by atoms with Gasteiger partial charge in [-0.1, -0.05) is 17.7 Å².